The van der Waals surface area contributed by atoms with Gasteiger partial charge in [0.05, 0.1) is 0 Å². The summed E-state index contributed by atoms with van der Waals surface area (Å²) in [5.74, 6) is 0. The van der Waals surface area contributed by atoms with E-state index in [0.717, 1.165) is 0 Å². The average molecular weight is 312 g/mol. The van der Waals surface area contributed by atoms with Gasteiger partial charge in [-0.1, -0.05) is 0 Å². The molecule has 0 rings (SSSR count). The van der Waals surface area contributed by atoms with Crippen LogP contribution < -0.4 is 0 Å². The van der Waals surface area contributed by atoms with Crippen LogP contribution in [0.1, 0.15) is 0 Å². The molecule has 0 aliphatic heterocycles. The maximum atomic E-state index is 8.67. The third-order valence-electron chi connectivity index (χ3n) is 0. The van der Waals surface area contributed by atoms with Crippen molar-refractivity contribution in [1.82, 2.24) is 0 Å². The molecule has 32 valence electrons. The molecule has 0 heterocycles. The second-order valence-electron chi connectivity index (χ2n) is 0.238. The van der Waals surface area contributed by atoms with Crippen molar-refractivity contribution >= 4 is 26.2 Å². The molecule has 0 atom stereocenters. The Morgan fingerprint density at radius 2 is 1.40 bits per heavy atom. The van der Waals surface area contributed by atoms with E-state index < -0.39 is 15.4 Å². The normalized spacial score (nSPS) is 5.00. The average Bonchev–Trinajstić information content (AvgIpc) is 0.811. The Bertz CT molecular complexity index is 55.3. The zero-order chi connectivity index (χ0) is 3.58. The molecule has 0 saturated carbocycles. The molecule has 0 bridgehead atoms. The van der Waals surface area contributed by atoms with Crippen LogP contribution in [0.5, 0.6) is 0 Å². The summed E-state index contributed by atoms with van der Waals surface area (Å²) in [4.78, 5) is 0. The summed E-state index contributed by atoms with van der Waals surface area (Å²) in [5.41, 5.74) is 0. The molecule has 3 nitrogen and oxygen atoms in total. The molecule has 0 unspecified atom stereocenters. The van der Waals surface area contributed by atoms with Crippen molar-refractivity contribution in [2.24, 2.45) is 0 Å². The SMILES string of the molecule is [BiH3].[O]=[V](=[O])[OH]. The molecule has 1 N–H and O–H groups in total. The maximum absolute atomic E-state index is 8.67. The summed E-state index contributed by atoms with van der Waals surface area (Å²) in [6.07, 6.45) is 0. The van der Waals surface area contributed by atoms with Gasteiger partial charge in [-0.05, 0) is 0 Å². The minimum atomic E-state index is -3.69. The van der Waals surface area contributed by atoms with Gasteiger partial charge in [0.2, 0.25) is 0 Å². The van der Waals surface area contributed by atoms with Gasteiger partial charge in [0.1, 0.15) is 0 Å². The molecule has 0 spiro atoms. The van der Waals surface area contributed by atoms with Crippen molar-refractivity contribution < 1.29 is 26.8 Å². The molecule has 0 aliphatic carbocycles. The van der Waals surface area contributed by atoms with Crippen molar-refractivity contribution in [2.45, 2.75) is 0 Å². The first-order chi connectivity index (χ1) is 1.73. The van der Waals surface area contributed by atoms with Crippen LogP contribution in [0.3, 0.4) is 0 Å². The third kappa shape index (κ3) is 43.6. The van der Waals surface area contributed by atoms with E-state index in [0.29, 0.717) is 0 Å². The zero-order valence-electron chi connectivity index (χ0n) is 2.42. The quantitative estimate of drug-likeness (QED) is 0.528. The van der Waals surface area contributed by atoms with Crippen molar-refractivity contribution in [1.29, 1.82) is 0 Å². The van der Waals surface area contributed by atoms with Crippen molar-refractivity contribution in [3.63, 3.8) is 0 Å². The number of hydrogen-bond acceptors (Lipinski definition) is 2. The van der Waals surface area contributed by atoms with Crippen molar-refractivity contribution in [3.05, 3.63) is 0 Å². The molecule has 0 fully saturated rings. The molecule has 0 saturated heterocycles. The Hall–Kier alpha value is 1.03. The number of rotatable bonds is 0. The molecule has 0 aromatic carbocycles. The summed E-state index contributed by atoms with van der Waals surface area (Å²) in [5, 5.41) is 0. The Kier molecular flexibility index (Phi) is 9.44. The van der Waals surface area contributed by atoms with E-state index in [1.165, 1.54) is 0 Å². The molecule has 5 heavy (non-hydrogen) atoms. The first-order valence-electron chi connectivity index (χ1n) is 0.565. The summed E-state index contributed by atoms with van der Waals surface area (Å²) in [6.45, 7) is 0. The predicted octanol–water partition coefficient (Wildman–Crippen LogP) is -1.98. The van der Waals surface area contributed by atoms with Gasteiger partial charge in [0.15, 0.2) is 0 Å². The second-order valence-corrected chi connectivity index (χ2v) is 0.981. The van der Waals surface area contributed by atoms with Gasteiger partial charge in [-0.3, -0.25) is 0 Å². The Balaban J connectivity index is 0. The van der Waals surface area contributed by atoms with Crippen LogP contribution in [0.25, 0.3) is 0 Å². The third-order valence-corrected chi connectivity index (χ3v) is 0. The van der Waals surface area contributed by atoms with Crippen LogP contribution in [0, 0.1) is 0 Å². The van der Waals surface area contributed by atoms with E-state index in [9.17, 15) is 0 Å². The Morgan fingerprint density at radius 1 is 1.40 bits per heavy atom. The summed E-state index contributed by atoms with van der Waals surface area (Å²) < 4.78 is 24.4. The van der Waals surface area contributed by atoms with Gasteiger partial charge < -0.3 is 0 Å². The van der Waals surface area contributed by atoms with Gasteiger partial charge in [-0.2, -0.15) is 0 Å². The molecule has 0 amide bonds. The zero-order valence-corrected chi connectivity index (χ0v) is 9.31. The monoisotopic (exact) mass is 312 g/mol. The van der Waals surface area contributed by atoms with Crippen LogP contribution in [0.15, 0.2) is 0 Å². The van der Waals surface area contributed by atoms with Crippen LogP contribution in [-0.4, -0.2) is 30.2 Å². The molecular weight excluding hydrogens is 308 g/mol. The Labute approximate surface area is 52.9 Å². The molecular formula is H4BiO3V. The van der Waals surface area contributed by atoms with E-state index in [-0.39, 0.29) is 26.2 Å². The first kappa shape index (κ1) is 9.39. The van der Waals surface area contributed by atoms with E-state index in [2.05, 4.69) is 0 Å². The van der Waals surface area contributed by atoms with Gasteiger partial charge in [-0.15, -0.1) is 0 Å². The van der Waals surface area contributed by atoms with E-state index in [1.807, 2.05) is 0 Å². The molecule has 0 aromatic rings. The fourth-order valence-electron chi connectivity index (χ4n) is 0. The molecule has 0 aromatic heterocycles. The van der Waals surface area contributed by atoms with Gasteiger partial charge in [0.25, 0.3) is 0 Å². The van der Waals surface area contributed by atoms with Crippen LogP contribution in [-0.2, 0) is 22.7 Å². The first-order valence-corrected chi connectivity index (χ1v) is 2.33. The molecule has 5 heteroatoms. The predicted molar refractivity (Wildman–Crippen MR) is 13.5 cm³/mol. The van der Waals surface area contributed by atoms with Crippen LogP contribution in [0.2, 0.25) is 0 Å². The van der Waals surface area contributed by atoms with Gasteiger partial charge >= 0.3 is 53.0 Å². The van der Waals surface area contributed by atoms with E-state index >= 15 is 0 Å². The van der Waals surface area contributed by atoms with E-state index in [4.69, 9.17) is 11.4 Å². The van der Waals surface area contributed by atoms with Crippen molar-refractivity contribution in [3.8, 4) is 0 Å². The molecule has 0 aliphatic rings. The number of hydrogen-bond donors (Lipinski definition) is 1. The second kappa shape index (κ2) is 5.03. The van der Waals surface area contributed by atoms with Crippen LogP contribution >= 0.6 is 0 Å². The summed E-state index contributed by atoms with van der Waals surface area (Å²) >= 11 is -3.69. The van der Waals surface area contributed by atoms with Crippen molar-refractivity contribution in [2.75, 3.05) is 0 Å². The topological polar surface area (TPSA) is 54.4 Å². The fourth-order valence-corrected chi connectivity index (χ4v) is 0. The fraction of sp³-hybridized carbons (Fsp3) is 0. The van der Waals surface area contributed by atoms with Gasteiger partial charge in [-0.25, -0.2) is 0 Å². The van der Waals surface area contributed by atoms with Crippen LogP contribution in [0.4, 0.5) is 0 Å². The van der Waals surface area contributed by atoms with E-state index in [1.54, 1.807) is 0 Å². The summed E-state index contributed by atoms with van der Waals surface area (Å²) in [6, 6.07) is 0. The van der Waals surface area contributed by atoms with Gasteiger partial charge in [0, 0.05) is 0 Å². The Morgan fingerprint density at radius 3 is 1.40 bits per heavy atom. The standard InChI is InChI=1S/Bi.H2O.2O.V.3H/h;1H2;;;;;;/q;;;;+1;;;/p-1. The summed E-state index contributed by atoms with van der Waals surface area (Å²) in [7, 11) is 0. The molecule has 0 radical (unpaired) electrons. The minimum absolute atomic E-state index is 0.